The zero-order valence-corrected chi connectivity index (χ0v) is 7.97. The van der Waals surface area contributed by atoms with E-state index in [1.54, 1.807) is 30.3 Å². The van der Waals surface area contributed by atoms with Crippen molar-refractivity contribution in [3.63, 3.8) is 0 Å². The molecule has 0 spiro atoms. The van der Waals surface area contributed by atoms with Gasteiger partial charge in [-0.25, -0.2) is 4.79 Å². The van der Waals surface area contributed by atoms with E-state index in [-0.39, 0.29) is 12.8 Å². The van der Waals surface area contributed by atoms with Crippen LogP contribution in [0.5, 0.6) is 0 Å². The van der Waals surface area contributed by atoms with Gasteiger partial charge in [-0.3, -0.25) is 4.79 Å². The summed E-state index contributed by atoms with van der Waals surface area (Å²) in [5.41, 5.74) is -0.957. The second-order valence-electron chi connectivity index (χ2n) is 3.47. The van der Waals surface area contributed by atoms with Crippen molar-refractivity contribution in [2.24, 2.45) is 0 Å². The van der Waals surface area contributed by atoms with Gasteiger partial charge < -0.3 is 9.84 Å². The first-order valence-corrected chi connectivity index (χ1v) is 4.66. The van der Waals surface area contributed by atoms with Gasteiger partial charge in [-0.1, -0.05) is 30.3 Å². The number of carboxylic acids is 1. The Morgan fingerprint density at radius 1 is 1.33 bits per heavy atom. The number of cyclic esters (lactones) is 1. The van der Waals surface area contributed by atoms with Crippen molar-refractivity contribution in [2.45, 2.75) is 18.4 Å². The van der Waals surface area contributed by atoms with Gasteiger partial charge in [0.2, 0.25) is 5.60 Å². The molecule has 0 aromatic heterocycles. The molecule has 4 nitrogen and oxygen atoms in total. The number of aliphatic carboxylic acids is 1. The lowest BCUT2D eigenvalue weighted by atomic mass is 9.91. The Balaban J connectivity index is 2.45. The summed E-state index contributed by atoms with van der Waals surface area (Å²) in [6, 6.07) is 8.56. The molecule has 1 saturated heterocycles. The molecule has 1 heterocycles. The monoisotopic (exact) mass is 206 g/mol. The van der Waals surface area contributed by atoms with Gasteiger partial charge in [0.25, 0.3) is 0 Å². The summed E-state index contributed by atoms with van der Waals surface area (Å²) in [6.07, 6.45) is 0.354. The fourth-order valence-electron chi connectivity index (χ4n) is 1.76. The molecule has 78 valence electrons. The molecule has 1 fully saturated rings. The molecule has 1 aliphatic rings. The molecule has 4 heteroatoms. The van der Waals surface area contributed by atoms with E-state index in [1.807, 2.05) is 0 Å². The molecule has 0 radical (unpaired) electrons. The van der Waals surface area contributed by atoms with Crippen LogP contribution in [0.1, 0.15) is 18.4 Å². The Morgan fingerprint density at radius 2 is 2.00 bits per heavy atom. The van der Waals surface area contributed by atoms with E-state index >= 15 is 0 Å². The third kappa shape index (κ3) is 1.48. The van der Waals surface area contributed by atoms with Crippen molar-refractivity contribution in [1.82, 2.24) is 0 Å². The van der Waals surface area contributed by atoms with E-state index < -0.39 is 17.5 Å². The summed E-state index contributed by atoms with van der Waals surface area (Å²) in [7, 11) is 0. The number of carbonyl (C=O) groups is 2. The van der Waals surface area contributed by atoms with E-state index in [4.69, 9.17) is 9.84 Å². The summed E-state index contributed by atoms with van der Waals surface area (Å²) in [5.74, 6) is -1.57. The number of benzene rings is 1. The maximum absolute atomic E-state index is 11.2. The summed E-state index contributed by atoms with van der Waals surface area (Å²) < 4.78 is 4.96. The number of rotatable bonds is 2. The highest BCUT2D eigenvalue weighted by molar-refractivity contribution is 5.86. The zero-order valence-electron chi connectivity index (χ0n) is 7.97. The number of esters is 1. The van der Waals surface area contributed by atoms with Gasteiger partial charge >= 0.3 is 11.9 Å². The van der Waals surface area contributed by atoms with Crippen LogP contribution in [0, 0.1) is 0 Å². The molecule has 1 atom stereocenters. The number of carbonyl (C=O) groups excluding carboxylic acids is 1. The average molecular weight is 206 g/mol. The average Bonchev–Trinajstić information content (AvgIpc) is 2.63. The van der Waals surface area contributed by atoms with Gasteiger partial charge in [-0.05, 0) is 0 Å². The number of hydrogen-bond acceptors (Lipinski definition) is 3. The molecule has 0 amide bonds. The first-order chi connectivity index (χ1) is 7.15. The van der Waals surface area contributed by atoms with Gasteiger partial charge in [0.1, 0.15) is 0 Å². The summed E-state index contributed by atoms with van der Waals surface area (Å²) in [5, 5.41) is 9.16. The van der Waals surface area contributed by atoms with Crippen LogP contribution in [0.15, 0.2) is 30.3 Å². The Kier molecular flexibility index (Phi) is 2.19. The molecule has 2 rings (SSSR count). The molecule has 0 aliphatic carbocycles. The fourth-order valence-corrected chi connectivity index (χ4v) is 1.76. The first-order valence-electron chi connectivity index (χ1n) is 4.66. The van der Waals surface area contributed by atoms with Crippen molar-refractivity contribution in [3.8, 4) is 0 Å². The van der Waals surface area contributed by atoms with Crippen LogP contribution in [0.3, 0.4) is 0 Å². The third-order valence-corrected chi connectivity index (χ3v) is 2.55. The maximum Gasteiger partial charge on any atom is 0.352 e. The van der Waals surface area contributed by atoms with Crippen molar-refractivity contribution in [3.05, 3.63) is 35.9 Å². The summed E-state index contributed by atoms with van der Waals surface area (Å²) >= 11 is 0. The van der Waals surface area contributed by atoms with Crippen molar-refractivity contribution >= 4 is 11.9 Å². The predicted molar refractivity (Wildman–Crippen MR) is 51.1 cm³/mol. The molecular weight excluding hydrogens is 196 g/mol. The Bertz CT molecular complexity index is 398. The van der Waals surface area contributed by atoms with E-state index in [9.17, 15) is 9.59 Å². The lowest BCUT2D eigenvalue weighted by molar-refractivity contribution is -0.170. The lowest BCUT2D eigenvalue weighted by Gasteiger charge is -2.22. The van der Waals surface area contributed by atoms with E-state index in [0.29, 0.717) is 5.56 Å². The number of carboxylic acid groups (broad SMARTS) is 1. The lowest BCUT2D eigenvalue weighted by Crippen LogP contribution is -2.35. The molecule has 15 heavy (non-hydrogen) atoms. The summed E-state index contributed by atoms with van der Waals surface area (Å²) in [6.45, 7) is 0. The van der Waals surface area contributed by atoms with Gasteiger partial charge in [0, 0.05) is 12.0 Å². The van der Waals surface area contributed by atoms with Crippen LogP contribution in [0.25, 0.3) is 0 Å². The molecule has 0 saturated carbocycles. The van der Waals surface area contributed by atoms with Crippen LogP contribution < -0.4 is 0 Å². The highest BCUT2D eigenvalue weighted by Crippen LogP contribution is 2.36. The SMILES string of the molecule is O=C1CC[C@](C(=O)O)(c2ccccc2)O1. The minimum atomic E-state index is -1.47. The number of ether oxygens (including phenoxy) is 1. The van der Waals surface area contributed by atoms with Crippen LogP contribution in [0.2, 0.25) is 0 Å². The maximum atomic E-state index is 11.2. The third-order valence-electron chi connectivity index (χ3n) is 2.55. The Labute approximate surface area is 86.5 Å². The minimum absolute atomic E-state index is 0.154. The van der Waals surface area contributed by atoms with Gasteiger partial charge in [-0.15, -0.1) is 0 Å². The quantitative estimate of drug-likeness (QED) is 0.741. The Morgan fingerprint density at radius 3 is 2.47 bits per heavy atom. The van der Waals surface area contributed by atoms with Crippen LogP contribution in [-0.4, -0.2) is 17.0 Å². The molecule has 1 aromatic carbocycles. The smallest absolute Gasteiger partial charge is 0.352 e. The second-order valence-corrected chi connectivity index (χ2v) is 3.47. The highest BCUT2D eigenvalue weighted by atomic mass is 16.6. The second kappa shape index (κ2) is 3.38. The van der Waals surface area contributed by atoms with Gasteiger partial charge in [0.15, 0.2) is 0 Å². The fraction of sp³-hybridized carbons (Fsp3) is 0.273. The molecule has 1 N–H and O–H groups in total. The van der Waals surface area contributed by atoms with E-state index in [1.165, 1.54) is 0 Å². The minimum Gasteiger partial charge on any atom is -0.478 e. The molecule has 0 unspecified atom stereocenters. The van der Waals surface area contributed by atoms with Crippen LogP contribution in [0.4, 0.5) is 0 Å². The van der Waals surface area contributed by atoms with E-state index in [0.717, 1.165) is 0 Å². The summed E-state index contributed by atoms with van der Waals surface area (Å²) in [4.78, 5) is 22.2. The van der Waals surface area contributed by atoms with Gasteiger partial charge in [0.05, 0.1) is 6.42 Å². The standard InChI is InChI=1S/C11H10O4/c12-9-6-7-11(15-9,10(13)14)8-4-2-1-3-5-8/h1-5H,6-7H2,(H,13,14)/t11-/m1/s1. The predicted octanol–water partition coefficient (Wildman–Crippen LogP) is 1.30. The molecule has 1 aromatic rings. The van der Waals surface area contributed by atoms with E-state index in [2.05, 4.69) is 0 Å². The largest absolute Gasteiger partial charge is 0.478 e. The van der Waals surface area contributed by atoms with Crippen molar-refractivity contribution in [2.75, 3.05) is 0 Å². The Hall–Kier alpha value is -1.84. The topological polar surface area (TPSA) is 63.6 Å². The van der Waals surface area contributed by atoms with Crippen molar-refractivity contribution < 1.29 is 19.4 Å². The zero-order chi connectivity index (χ0) is 10.9. The first kappa shape index (κ1) is 9.71. The molecule has 1 aliphatic heterocycles. The van der Waals surface area contributed by atoms with Crippen molar-refractivity contribution in [1.29, 1.82) is 0 Å². The van der Waals surface area contributed by atoms with Gasteiger partial charge in [-0.2, -0.15) is 0 Å². The molecular formula is C11H10O4. The highest BCUT2D eigenvalue weighted by Gasteiger charge is 2.48. The van der Waals surface area contributed by atoms with Crippen LogP contribution >= 0.6 is 0 Å². The van der Waals surface area contributed by atoms with Crippen LogP contribution in [-0.2, 0) is 19.9 Å². The normalized spacial score (nSPS) is 24.9. The molecule has 0 bridgehead atoms. The number of hydrogen-bond donors (Lipinski definition) is 1.